The number of pyridine rings is 1. The third kappa shape index (κ3) is 3.94. The molecule has 32 heavy (non-hydrogen) atoms. The summed E-state index contributed by atoms with van der Waals surface area (Å²) in [6.45, 7) is 4.00. The van der Waals surface area contributed by atoms with Crippen molar-refractivity contribution in [1.29, 1.82) is 0 Å². The van der Waals surface area contributed by atoms with Crippen LogP contribution in [0.1, 0.15) is 25.5 Å². The van der Waals surface area contributed by atoms with E-state index in [-0.39, 0.29) is 11.9 Å². The predicted octanol–water partition coefficient (Wildman–Crippen LogP) is 3.86. The van der Waals surface area contributed by atoms with Crippen molar-refractivity contribution >= 4 is 16.9 Å². The Morgan fingerprint density at radius 2 is 1.88 bits per heavy atom. The highest BCUT2D eigenvalue weighted by atomic mass is 16.3. The number of rotatable bonds is 6. The van der Waals surface area contributed by atoms with Crippen LogP contribution in [0.25, 0.3) is 33.4 Å². The Hall–Kier alpha value is -3.71. The van der Waals surface area contributed by atoms with E-state index < -0.39 is 6.04 Å². The van der Waals surface area contributed by atoms with Gasteiger partial charge in [-0.1, -0.05) is 30.3 Å². The number of carbonyl (C=O) groups is 1. The first-order valence-electron chi connectivity index (χ1n) is 10.6. The second-order valence-electron chi connectivity index (χ2n) is 8.13. The number of hydrogen-bond donors (Lipinski definition) is 2. The van der Waals surface area contributed by atoms with E-state index in [0.29, 0.717) is 11.4 Å². The summed E-state index contributed by atoms with van der Waals surface area (Å²) in [5.41, 5.74) is 4.93. The molecule has 4 aromatic rings. The van der Waals surface area contributed by atoms with Crippen molar-refractivity contribution in [3.05, 3.63) is 66.4 Å². The molecule has 0 radical (unpaired) electrons. The summed E-state index contributed by atoms with van der Waals surface area (Å²) in [6, 6.07) is 17.1. The Kier molecular flexibility index (Phi) is 5.92. The zero-order chi connectivity index (χ0) is 22.8. The molecule has 2 aromatic heterocycles. The van der Waals surface area contributed by atoms with Crippen LogP contribution in [0.3, 0.4) is 0 Å². The monoisotopic (exact) mass is 430 g/mol. The number of benzene rings is 2. The lowest BCUT2D eigenvalue weighted by atomic mass is 9.98. The molecule has 0 bridgehead atoms. The van der Waals surface area contributed by atoms with Crippen LogP contribution < -0.4 is 5.32 Å². The van der Waals surface area contributed by atoms with E-state index in [9.17, 15) is 4.79 Å². The first kappa shape index (κ1) is 21.5. The van der Waals surface area contributed by atoms with Crippen LogP contribution in [-0.4, -0.2) is 51.2 Å². The van der Waals surface area contributed by atoms with E-state index in [2.05, 4.69) is 20.5 Å². The van der Waals surface area contributed by atoms with Gasteiger partial charge < -0.3 is 15.3 Å². The lowest BCUT2D eigenvalue weighted by Gasteiger charge is -2.27. The number of carbonyl (C=O) groups excluding carboxylic acids is 1. The van der Waals surface area contributed by atoms with Crippen LogP contribution in [0.15, 0.2) is 60.8 Å². The summed E-state index contributed by atoms with van der Waals surface area (Å²) in [6.07, 6.45) is 1.79. The predicted molar refractivity (Wildman–Crippen MR) is 128 cm³/mol. The van der Waals surface area contributed by atoms with Gasteiger partial charge >= 0.3 is 0 Å². The fraction of sp³-hybridized carbons (Fsp3) is 0.240. The zero-order valence-corrected chi connectivity index (χ0v) is 18.7. The van der Waals surface area contributed by atoms with E-state index >= 15 is 0 Å². The number of nitrogens with zero attached hydrogens (tertiary/aromatic N) is 3. The number of likely N-dealkylation sites (N-methyl/N-ethyl adjacent to an activating group) is 2. The van der Waals surface area contributed by atoms with E-state index in [1.165, 1.54) is 0 Å². The molecule has 7 nitrogen and oxygen atoms in total. The summed E-state index contributed by atoms with van der Waals surface area (Å²) < 4.78 is 0. The summed E-state index contributed by atoms with van der Waals surface area (Å²) in [5, 5.41) is 19.6. The van der Waals surface area contributed by atoms with E-state index in [1.807, 2.05) is 69.4 Å². The molecule has 0 spiro atoms. The SMILES string of the molecule is CNC(C(=O)N(C)C(C)C)c1cccc(-c2cnc3n[nH]c(-c4ccccc4[OH2+])c3c2)c1. The Bertz CT molecular complexity index is 1260. The number of fused-ring (bicyclic) bond motifs is 1. The third-order valence-electron chi connectivity index (χ3n) is 5.82. The molecule has 0 aliphatic heterocycles. The third-order valence-corrected chi connectivity index (χ3v) is 5.82. The first-order chi connectivity index (χ1) is 15.4. The van der Waals surface area contributed by atoms with Crippen molar-refractivity contribution in [2.75, 3.05) is 14.1 Å². The molecular weight excluding hydrogens is 402 g/mol. The number of aromatic amines is 1. The molecule has 0 saturated heterocycles. The molecule has 0 aliphatic carbocycles. The lowest BCUT2D eigenvalue weighted by molar-refractivity contribution is -0.133. The van der Waals surface area contributed by atoms with Crippen molar-refractivity contribution < 1.29 is 9.90 Å². The molecule has 4 N–H and O–H groups in total. The number of para-hydroxylation sites is 1. The van der Waals surface area contributed by atoms with Crippen LogP contribution in [0, 0.1) is 0 Å². The Labute approximate surface area is 187 Å². The minimum Gasteiger partial charge on any atom is -0.593 e. The normalized spacial score (nSPS) is 12.3. The van der Waals surface area contributed by atoms with Crippen LogP contribution in [0.4, 0.5) is 0 Å². The van der Waals surface area contributed by atoms with Crippen molar-refractivity contribution in [2.45, 2.75) is 25.9 Å². The molecule has 1 amide bonds. The summed E-state index contributed by atoms with van der Waals surface area (Å²) in [5.74, 6) is 0.451. The minimum atomic E-state index is -0.432. The van der Waals surface area contributed by atoms with Crippen LogP contribution in [-0.2, 0) is 4.79 Å². The molecule has 2 aromatic carbocycles. The fourth-order valence-corrected chi connectivity index (χ4v) is 3.75. The van der Waals surface area contributed by atoms with Crippen molar-refractivity contribution in [3.8, 4) is 28.1 Å². The average molecular weight is 431 g/mol. The van der Waals surface area contributed by atoms with Crippen molar-refractivity contribution in [2.24, 2.45) is 0 Å². The second-order valence-corrected chi connectivity index (χ2v) is 8.13. The molecule has 2 heterocycles. The molecule has 0 saturated carbocycles. The summed E-state index contributed by atoms with van der Waals surface area (Å²) >= 11 is 0. The number of nitrogens with one attached hydrogen (secondary N) is 2. The molecule has 1 atom stereocenters. The van der Waals surface area contributed by atoms with Gasteiger partial charge in [0.05, 0.1) is 11.3 Å². The second kappa shape index (κ2) is 8.80. The van der Waals surface area contributed by atoms with Gasteiger partial charge in [0.1, 0.15) is 6.04 Å². The molecule has 164 valence electrons. The van der Waals surface area contributed by atoms with E-state index in [1.54, 1.807) is 24.2 Å². The fourth-order valence-electron chi connectivity index (χ4n) is 3.75. The average Bonchev–Trinajstić information content (AvgIpc) is 3.22. The molecule has 1 unspecified atom stereocenters. The smallest absolute Gasteiger partial charge is 0.263 e. The first-order valence-corrected chi connectivity index (χ1v) is 10.6. The van der Waals surface area contributed by atoms with Crippen LogP contribution in [0.5, 0.6) is 5.75 Å². The van der Waals surface area contributed by atoms with E-state index in [4.69, 9.17) is 5.11 Å². The van der Waals surface area contributed by atoms with Gasteiger partial charge in [0.15, 0.2) is 5.65 Å². The molecule has 0 aliphatic rings. The Morgan fingerprint density at radius 3 is 2.59 bits per heavy atom. The standard InChI is InChI=1S/C25H27N5O2/c1-15(2)30(4)25(32)22(26-3)17-9-7-8-16(12-17)18-13-20-23(28-29-24(20)27-14-18)19-10-5-6-11-21(19)31/h5-15,22,26,31H,1-4H3,(H,27,28,29)/p+1. The molecule has 4 rings (SSSR count). The number of amides is 1. The molecule has 7 heteroatoms. The van der Waals surface area contributed by atoms with Crippen LogP contribution in [0.2, 0.25) is 0 Å². The quantitative estimate of drug-likeness (QED) is 0.454. The zero-order valence-electron chi connectivity index (χ0n) is 18.7. The lowest BCUT2D eigenvalue weighted by Crippen LogP contribution is -2.41. The number of aromatic nitrogens is 3. The maximum atomic E-state index is 13.0. The number of hydrogen-bond acceptors (Lipinski definition) is 4. The topological polar surface area (TPSA) is 96.8 Å². The molecule has 0 fully saturated rings. The Balaban J connectivity index is 1.75. The van der Waals surface area contributed by atoms with Gasteiger partial charge in [0.2, 0.25) is 5.91 Å². The molecular formula is C25H28N5O2+. The summed E-state index contributed by atoms with van der Waals surface area (Å²) in [4.78, 5) is 19.2. The van der Waals surface area contributed by atoms with Crippen molar-refractivity contribution in [1.82, 2.24) is 25.4 Å². The summed E-state index contributed by atoms with van der Waals surface area (Å²) in [7, 11) is 3.62. The maximum absolute atomic E-state index is 13.0. The maximum Gasteiger partial charge on any atom is 0.263 e. The highest BCUT2D eigenvalue weighted by molar-refractivity contribution is 5.94. The van der Waals surface area contributed by atoms with Crippen LogP contribution >= 0.6 is 0 Å². The van der Waals surface area contributed by atoms with Gasteiger partial charge in [-0.15, -0.1) is 0 Å². The highest BCUT2D eigenvalue weighted by Gasteiger charge is 2.24. The van der Waals surface area contributed by atoms with Crippen molar-refractivity contribution in [3.63, 3.8) is 0 Å². The largest absolute Gasteiger partial charge is 0.593 e. The van der Waals surface area contributed by atoms with Gasteiger partial charge in [-0.3, -0.25) is 9.89 Å². The van der Waals surface area contributed by atoms with E-state index in [0.717, 1.165) is 33.3 Å². The minimum absolute atomic E-state index is 0.0254. The van der Waals surface area contributed by atoms with Gasteiger partial charge in [-0.25, -0.2) is 4.98 Å². The van der Waals surface area contributed by atoms with Gasteiger partial charge in [0.25, 0.3) is 5.75 Å². The Morgan fingerprint density at radius 1 is 1.09 bits per heavy atom. The number of H-pyrrole nitrogens is 1. The van der Waals surface area contributed by atoms with Gasteiger partial charge in [-0.2, -0.15) is 5.10 Å². The van der Waals surface area contributed by atoms with Gasteiger partial charge in [-0.05, 0) is 50.2 Å². The van der Waals surface area contributed by atoms with Gasteiger partial charge in [0, 0.05) is 36.3 Å². The highest BCUT2D eigenvalue weighted by Crippen LogP contribution is 2.34.